The van der Waals surface area contributed by atoms with Gasteiger partial charge in [-0.1, -0.05) is 0 Å². The highest BCUT2D eigenvalue weighted by atomic mass is 16.7. The summed E-state index contributed by atoms with van der Waals surface area (Å²) in [5, 5.41) is 0.867. The van der Waals surface area contributed by atoms with Crippen molar-refractivity contribution < 1.29 is 18.8 Å². The van der Waals surface area contributed by atoms with Crippen molar-refractivity contribution in [2.75, 3.05) is 7.11 Å². The highest BCUT2D eigenvalue weighted by molar-refractivity contribution is 6.65. The summed E-state index contributed by atoms with van der Waals surface area (Å²) in [6.45, 7) is 7.96. The van der Waals surface area contributed by atoms with Crippen molar-refractivity contribution in [3.8, 4) is 0 Å². The molecule has 1 fully saturated rings. The van der Waals surface area contributed by atoms with Gasteiger partial charge in [-0.05, 0) is 45.3 Å². The average molecular weight is 302 g/mol. The van der Waals surface area contributed by atoms with Gasteiger partial charge in [0.2, 0.25) is 0 Å². The zero-order valence-corrected chi connectivity index (χ0v) is 13.4. The quantitative estimate of drug-likeness (QED) is 0.674. The molecule has 0 saturated carbocycles. The number of rotatable bonds is 2. The third kappa shape index (κ3) is 2.21. The Hall–Kier alpha value is -1.86. The summed E-state index contributed by atoms with van der Waals surface area (Å²) < 4.78 is 16.9. The van der Waals surface area contributed by atoms with Crippen molar-refractivity contribution in [1.29, 1.82) is 0 Å². The lowest BCUT2D eigenvalue weighted by atomic mass is 9.77. The van der Waals surface area contributed by atoms with E-state index in [2.05, 4.69) is 9.97 Å². The average Bonchev–Trinajstić information content (AvgIpc) is 2.99. The second kappa shape index (κ2) is 4.82. The van der Waals surface area contributed by atoms with Crippen molar-refractivity contribution in [3.05, 3.63) is 24.0 Å². The minimum atomic E-state index is -0.560. The number of carbonyl (C=O) groups excluding carboxylic acids is 1. The van der Waals surface area contributed by atoms with Gasteiger partial charge in [-0.2, -0.15) is 0 Å². The van der Waals surface area contributed by atoms with Crippen LogP contribution in [0.5, 0.6) is 0 Å². The van der Waals surface area contributed by atoms with E-state index in [1.54, 1.807) is 12.3 Å². The van der Waals surface area contributed by atoms with E-state index in [0.29, 0.717) is 5.65 Å². The van der Waals surface area contributed by atoms with Crippen molar-refractivity contribution in [1.82, 2.24) is 9.97 Å². The van der Waals surface area contributed by atoms with Crippen molar-refractivity contribution in [3.63, 3.8) is 0 Å². The van der Waals surface area contributed by atoms with E-state index in [1.807, 2.05) is 33.8 Å². The van der Waals surface area contributed by atoms with Gasteiger partial charge >= 0.3 is 13.1 Å². The standard InChI is InChI=1S/C15H19BN2O4/c1-14(2)15(3,4)22-16(21-14)10-8-11(13(19)20-5)18-12-9(10)6-7-17-12/h6-8H,1-5H3,(H,17,18). The SMILES string of the molecule is COC(=O)c1cc(B2OC(C)(C)C(C)(C)O2)c2cc[nH]c2n1. The van der Waals surface area contributed by atoms with Gasteiger partial charge in [0, 0.05) is 11.6 Å². The molecule has 2 aromatic heterocycles. The van der Waals surface area contributed by atoms with Crippen LogP contribution in [0.25, 0.3) is 11.0 Å². The van der Waals surface area contributed by atoms with E-state index in [4.69, 9.17) is 14.0 Å². The minimum absolute atomic E-state index is 0.224. The van der Waals surface area contributed by atoms with Crippen LogP contribution < -0.4 is 5.46 Å². The van der Waals surface area contributed by atoms with E-state index in [-0.39, 0.29) is 5.69 Å². The van der Waals surface area contributed by atoms with E-state index in [1.165, 1.54) is 7.11 Å². The van der Waals surface area contributed by atoms with E-state index in [0.717, 1.165) is 10.8 Å². The first kappa shape index (κ1) is 15.1. The molecule has 22 heavy (non-hydrogen) atoms. The molecule has 3 heterocycles. The molecule has 1 N–H and O–H groups in total. The highest BCUT2D eigenvalue weighted by Gasteiger charge is 2.52. The molecule has 2 aromatic rings. The van der Waals surface area contributed by atoms with Gasteiger partial charge in [-0.25, -0.2) is 9.78 Å². The summed E-state index contributed by atoms with van der Waals surface area (Å²) in [7, 11) is 0.770. The molecular formula is C15H19BN2O4. The molecule has 6 nitrogen and oxygen atoms in total. The first-order valence-corrected chi connectivity index (χ1v) is 7.17. The molecule has 0 spiro atoms. The predicted molar refractivity (Wildman–Crippen MR) is 83.1 cm³/mol. The Bertz CT molecular complexity index is 722. The first-order chi connectivity index (χ1) is 10.2. The second-order valence-electron chi connectivity index (χ2n) is 6.42. The Morgan fingerprint density at radius 3 is 2.50 bits per heavy atom. The maximum Gasteiger partial charge on any atom is 0.495 e. The third-order valence-corrected chi connectivity index (χ3v) is 4.46. The van der Waals surface area contributed by atoms with Crippen LogP contribution in [0.3, 0.4) is 0 Å². The summed E-state index contributed by atoms with van der Waals surface area (Å²) in [6, 6.07) is 3.56. The third-order valence-electron chi connectivity index (χ3n) is 4.46. The zero-order chi connectivity index (χ0) is 16.1. The topological polar surface area (TPSA) is 73.4 Å². The Morgan fingerprint density at radius 2 is 1.91 bits per heavy atom. The molecule has 0 atom stereocenters. The summed E-state index contributed by atoms with van der Waals surface area (Å²) in [6.07, 6.45) is 1.77. The van der Waals surface area contributed by atoms with Crippen LogP contribution in [-0.4, -0.2) is 41.4 Å². The molecule has 1 aliphatic rings. The molecular weight excluding hydrogens is 283 g/mol. The number of methoxy groups -OCH3 is 1. The summed E-state index contributed by atoms with van der Waals surface area (Å²) in [5.74, 6) is -0.491. The number of aromatic nitrogens is 2. The van der Waals surface area contributed by atoms with Crippen molar-refractivity contribution in [2.45, 2.75) is 38.9 Å². The van der Waals surface area contributed by atoms with Crippen LogP contribution in [0.2, 0.25) is 0 Å². The number of ether oxygens (including phenoxy) is 1. The normalized spacial score (nSPS) is 19.6. The lowest BCUT2D eigenvalue weighted by Gasteiger charge is -2.32. The number of nitrogens with zero attached hydrogens (tertiary/aromatic N) is 1. The Balaban J connectivity index is 2.11. The van der Waals surface area contributed by atoms with Gasteiger partial charge in [-0.15, -0.1) is 0 Å². The summed E-state index contributed by atoms with van der Waals surface area (Å²) in [5.41, 5.74) is 0.698. The van der Waals surface area contributed by atoms with Crippen molar-refractivity contribution in [2.24, 2.45) is 0 Å². The van der Waals surface area contributed by atoms with Gasteiger partial charge in [0.1, 0.15) is 5.65 Å². The number of hydrogen-bond donors (Lipinski definition) is 1. The molecule has 0 amide bonds. The number of aromatic amines is 1. The number of fused-ring (bicyclic) bond motifs is 1. The molecule has 0 aliphatic carbocycles. The minimum Gasteiger partial charge on any atom is -0.464 e. The first-order valence-electron chi connectivity index (χ1n) is 7.17. The van der Waals surface area contributed by atoms with Crippen LogP contribution in [0.15, 0.2) is 18.3 Å². The van der Waals surface area contributed by atoms with Gasteiger partial charge in [0.25, 0.3) is 0 Å². The number of hydrogen-bond acceptors (Lipinski definition) is 5. The second-order valence-corrected chi connectivity index (χ2v) is 6.42. The zero-order valence-electron chi connectivity index (χ0n) is 13.4. The molecule has 1 saturated heterocycles. The van der Waals surface area contributed by atoms with Crippen LogP contribution in [0, 0.1) is 0 Å². The fourth-order valence-electron chi connectivity index (χ4n) is 2.44. The van der Waals surface area contributed by atoms with E-state index >= 15 is 0 Å². The summed E-state index contributed by atoms with van der Waals surface area (Å²) in [4.78, 5) is 19.1. The van der Waals surface area contributed by atoms with Crippen LogP contribution >= 0.6 is 0 Å². The lowest BCUT2D eigenvalue weighted by Crippen LogP contribution is -2.41. The maximum atomic E-state index is 11.8. The highest BCUT2D eigenvalue weighted by Crippen LogP contribution is 2.37. The maximum absolute atomic E-state index is 11.8. The van der Waals surface area contributed by atoms with Gasteiger partial charge < -0.3 is 19.0 Å². The van der Waals surface area contributed by atoms with Crippen LogP contribution in [0.1, 0.15) is 38.2 Å². The van der Waals surface area contributed by atoms with E-state index < -0.39 is 24.3 Å². The predicted octanol–water partition coefficient (Wildman–Crippen LogP) is 1.65. The van der Waals surface area contributed by atoms with E-state index in [9.17, 15) is 4.79 Å². The van der Waals surface area contributed by atoms with Crippen LogP contribution in [0.4, 0.5) is 0 Å². The molecule has 3 rings (SSSR count). The number of nitrogens with one attached hydrogen (secondary N) is 1. The van der Waals surface area contributed by atoms with Crippen LogP contribution in [-0.2, 0) is 14.0 Å². The Labute approximate surface area is 129 Å². The van der Waals surface area contributed by atoms with Crippen molar-refractivity contribution >= 4 is 29.6 Å². The number of carbonyl (C=O) groups is 1. The fourth-order valence-corrected chi connectivity index (χ4v) is 2.44. The smallest absolute Gasteiger partial charge is 0.464 e. The molecule has 0 bridgehead atoms. The fraction of sp³-hybridized carbons (Fsp3) is 0.467. The number of H-pyrrole nitrogens is 1. The number of esters is 1. The van der Waals surface area contributed by atoms with Gasteiger partial charge in [0.05, 0.1) is 18.3 Å². The molecule has 0 aromatic carbocycles. The largest absolute Gasteiger partial charge is 0.495 e. The Morgan fingerprint density at radius 1 is 1.27 bits per heavy atom. The molecule has 7 heteroatoms. The molecule has 0 radical (unpaired) electrons. The van der Waals surface area contributed by atoms with Gasteiger partial charge in [-0.3, -0.25) is 0 Å². The molecule has 1 aliphatic heterocycles. The molecule has 116 valence electrons. The molecule has 0 unspecified atom stereocenters. The Kier molecular flexibility index (Phi) is 3.30. The number of pyridine rings is 1. The monoisotopic (exact) mass is 302 g/mol. The summed E-state index contributed by atoms with van der Waals surface area (Å²) >= 11 is 0. The lowest BCUT2D eigenvalue weighted by molar-refractivity contribution is 0.00578. The van der Waals surface area contributed by atoms with Gasteiger partial charge in [0.15, 0.2) is 5.69 Å².